The van der Waals surface area contributed by atoms with Crippen LogP contribution in [0, 0.1) is 0 Å². The molecule has 0 spiro atoms. The van der Waals surface area contributed by atoms with E-state index in [9.17, 15) is 5.11 Å². The molecular formula is C9H12N2O2S. The van der Waals surface area contributed by atoms with Crippen molar-refractivity contribution in [2.75, 3.05) is 6.61 Å². The van der Waals surface area contributed by atoms with Crippen molar-refractivity contribution in [1.29, 1.82) is 0 Å². The number of aryl methyl sites for hydroxylation is 1. The summed E-state index contributed by atoms with van der Waals surface area (Å²) in [5, 5.41) is 13.9. The lowest BCUT2D eigenvalue weighted by molar-refractivity contribution is 0.120. The first-order valence-corrected chi connectivity index (χ1v) is 5.42. The zero-order valence-electron chi connectivity index (χ0n) is 7.93. The predicted octanol–water partition coefficient (Wildman–Crippen LogP) is 1.44. The Balaban J connectivity index is 2.21. The Morgan fingerprint density at radius 2 is 2.57 bits per heavy atom. The smallest absolute Gasteiger partial charge is 0.148 e. The van der Waals surface area contributed by atoms with Crippen LogP contribution in [0.25, 0.3) is 0 Å². The number of ether oxygens (including phenoxy) is 1. The molecule has 14 heavy (non-hydrogen) atoms. The van der Waals surface area contributed by atoms with Crippen LogP contribution < -0.4 is 0 Å². The summed E-state index contributed by atoms with van der Waals surface area (Å²) in [4.78, 5) is 0.806. The molecule has 0 aromatic carbocycles. The Hall–Kier alpha value is -0.940. The van der Waals surface area contributed by atoms with Crippen LogP contribution >= 0.6 is 11.5 Å². The van der Waals surface area contributed by atoms with E-state index in [4.69, 9.17) is 4.74 Å². The van der Waals surface area contributed by atoms with Crippen molar-refractivity contribution in [3.8, 4) is 0 Å². The third kappa shape index (κ3) is 1.65. The molecule has 0 saturated carbocycles. The predicted molar refractivity (Wildman–Crippen MR) is 52.9 cm³/mol. The maximum Gasteiger partial charge on any atom is 0.148 e. The molecule has 1 atom stereocenters. The van der Waals surface area contributed by atoms with Crippen LogP contribution in [0.3, 0.4) is 0 Å². The van der Waals surface area contributed by atoms with Gasteiger partial charge < -0.3 is 9.84 Å². The van der Waals surface area contributed by atoms with Crippen LogP contribution in [-0.2, 0) is 11.2 Å². The summed E-state index contributed by atoms with van der Waals surface area (Å²) < 4.78 is 9.13. The average Bonchev–Trinajstić information content (AvgIpc) is 2.87. The van der Waals surface area contributed by atoms with Crippen molar-refractivity contribution in [2.45, 2.75) is 25.9 Å². The van der Waals surface area contributed by atoms with E-state index in [2.05, 4.69) is 9.59 Å². The minimum Gasteiger partial charge on any atom is -0.495 e. The molecule has 5 heteroatoms. The lowest BCUT2D eigenvalue weighted by atomic mass is 10.2. The van der Waals surface area contributed by atoms with Crippen molar-refractivity contribution < 1.29 is 9.84 Å². The summed E-state index contributed by atoms with van der Waals surface area (Å²) in [5.74, 6) is 0.644. The summed E-state index contributed by atoms with van der Waals surface area (Å²) in [6.07, 6.45) is 2.91. The van der Waals surface area contributed by atoms with Crippen LogP contribution in [0.1, 0.15) is 30.0 Å². The number of rotatable bonds is 3. The summed E-state index contributed by atoms with van der Waals surface area (Å²) in [6, 6.07) is 0. The highest BCUT2D eigenvalue weighted by Gasteiger charge is 2.22. The van der Waals surface area contributed by atoms with E-state index in [1.807, 2.05) is 13.0 Å². The number of aliphatic hydroxyl groups excluding tert-OH is 1. The maximum absolute atomic E-state index is 9.96. The van der Waals surface area contributed by atoms with Gasteiger partial charge in [0, 0.05) is 6.42 Å². The van der Waals surface area contributed by atoms with E-state index in [0.717, 1.165) is 23.4 Å². The summed E-state index contributed by atoms with van der Waals surface area (Å²) in [5.41, 5.74) is 0.860. The van der Waals surface area contributed by atoms with E-state index >= 15 is 0 Å². The second kappa shape index (κ2) is 4.06. The second-order valence-electron chi connectivity index (χ2n) is 3.08. The van der Waals surface area contributed by atoms with E-state index in [1.165, 1.54) is 11.5 Å². The molecule has 1 N–H and O–H groups in total. The van der Waals surface area contributed by atoms with Gasteiger partial charge in [0.15, 0.2) is 0 Å². The minimum absolute atomic E-state index is 0.644. The molecule has 1 aromatic rings. The third-order valence-electron chi connectivity index (χ3n) is 2.17. The highest BCUT2D eigenvalue weighted by molar-refractivity contribution is 7.05. The van der Waals surface area contributed by atoms with Gasteiger partial charge in [0.2, 0.25) is 0 Å². The fourth-order valence-electron chi connectivity index (χ4n) is 1.42. The van der Waals surface area contributed by atoms with Gasteiger partial charge in [0.1, 0.15) is 11.9 Å². The molecule has 0 aliphatic carbocycles. The highest BCUT2D eigenvalue weighted by Crippen LogP contribution is 2.30. The van der Waals surface area contributed by atoms with Gasteiger partial charge in [0.25, 0.3) is 0 Å². The largest absolute Gasteiger partial charge is 0.495 e. The Morgan fingerprint density at radius 1 is 1.71 bits per heavy atom. The molecule has 1 unspecified atom stereocenters. The Labute approximate surface area is 86.4 Å². The molecule has 0 bridgehead atoms. The lowest BCUT2D eigenvalue weighted by Crippen LogP contribution is -2.03. The third-order valence-corrected chi connectivity index (χ3v) is 2.99. The summed E-state index contributed by atoms with van der Waals surface area (Å²) in [6.45, 7) is 2.66. The first-order chi connectivity index (χ1) is 6.83. The molecule has 0 amide bonds. The molecule has 0 radical (unpaired) electrons. The quantitative estimate of drug-likeness (QED) is 0.823. The molecule has 0 saturated heterocycles. The number of aliphatic hydroxyl groups is 1. The van der Waals surface area contributed by atoms with Crippen LogP contribution in [0.5, 0.6) is 0 Å². The van der Waals surface area contributed by atoms with Gasteiger partial charge in [-0.1, -0.05) is 11.4 Å². The van der Waals surface area contributed by atoms with Gasteiger partial charge in [-0.15, -0.1) is 5.10 Å². The molecule has 2 heterocycles. The van der Waals surface area contributed by atoms with E-state index < -0.39 is 6.10 Å². The monoisotopic (exact) mass is 212 g/mol. The van der Waals surface area contributed by atoms with Crippen molar-refractivity contribution in [3.05, 3.63) is 22.4 Å². The highest BCUT2D eigenvalue weighted by atomic mass is 32.1. The fraction of sp³-hybridized carbons (Fsp3) is 0.556. The summed E-state index contributed by atoms with van der Waals surface area (Å²) >= 11 is 1.24. The lowest BCUT2D eigenvalue weighted by Gasteiger charge is -2.10. The topological polar surface area (TPSA) is 55.2 Å². The van der Waals surface area contributed by atoms with Gasteiger partial charge in [-0.2, -0.15) is 0 Å². The Bertz CT molecular complexity index is 348. The zero-order valence-corrected chi connectivity index (χ0v) is 8.75. The zero-order chi connectivity index (χ0) is 9.97. The van der Waals surface area contributed by atoms with Crippen LogP contribution in [0.4, 0.5) is 0 Å². The standard InChI is InChI=1S/C9H12N2O2S/c1-2-6-9(14-11-10-6)8(12)7-4-3-5-13-7/h4,8,12H,2-3,5H2,1H3. The van der Waals surface area contributed by atoms with Crippen molar-refractivity contribution in [2.24, 2.45) is 0 Å². The van der Waals surface area contributed by atoms with E-state index in [-0.39, 0.29) is 0 Å². The fourth-order valence-corrected chi connectivity index (χ4v) is 2.16. The van der Waals surface area contributed by atoms with E-state index in [1.54, 1.807) is 0 Å². The van der Waals surface area contributed by atoms with Gasteiger partial charge in [-0.05, 0) is 24.0 Å². The average molecular weight is 212 g/mol. The molecule has 1 aliphatic heterocycles. The van der Waals surface area contributed by atoms with Gasteiger partial charge in [-0.3, -0.25) is 0 Å². The van der Waals surface area contributed by atoms with Crippen molar-refractivity contribution in [1.82, 2.24) is 9.59 Å². The normalized spacial score (nSPS) is 17.7. The molecule has 76 valence electrons. The molecule has 0 fully saturated rings. The maximum atomic E-state index is 9.96. The summed E-state index contributed by atoms with van der Waals surface area (Å²) in [7, 11) is 0. The van der Waals surface area contributed by atoms with E-state index in [0.29, 0.717) is 12.4 Å². The number of nitrogens with zero attached hydrogens (tertiary/aromatic N) is 2. The van der Waals surface area contributed by atoms with Crippen molar-refractivity contribution in [3.63, 3.8) is 0 Å². The molecular weight excluding hydrogens is 200 g/mol. The van der Waals surface area contributed by atoms with Gasteiger partial charge >= 0.3 is 0 Å². The first-order valence-electron chi connectivity index (χ1n) is 4.65. The second-order valence-corrected chi connectivity index (χ2v) is 3.87. The minimum atomic E-state index is -0.674. The van der Waals surface area contributed by atoms with Crippen LogP contribution in [-0.4, -0.2) is 21.3 Å². The first kappa shape index (κ1) is 9.61. The molecule has 1 aromatic heterocycles. The van der Waals surface area contributed by atoms with Gasteiger partial charge in [-0.25, -0.2) is 0 Å². The number of aromatic nitrogens is 2. The number of hydrogen-bond donors (Lipinski definition) is 1. The SMILES string of the molecule is CCc1nnsc1C(O)C1=CCCO1. The van der Waals surface area contributed by atoms with Crippen molar-refractivity contribution >= 4 is 11.5 Å². The molecule has 2 rings (SSSR count). The number of hydrogen-bond acceptors (Lipinski definition) is 5. The Kier molecular flexibility index (Phi) is 2.79. The van der Waals surface area contributed by atoms with Crippen LogP contribution in [0.2, 0.25) is 0 Å². The molecule has 1 aliphatic rings. The van der Waals surface area contributed by atoms with Gasteiger partial charge in [0.05, 0.1) is 17.2 Å². The van der Waals surface area contributed by atoms with Crippen LogP contribution in [0.15, 0.2) is 11.8 Å². The molecule has 4 nitrogen and oxygen atoms in total. The Morgan fingerprint density at radius 3 is 3.21 bits per heavy atom.